The van der Waals surface area contributed by atoms with E-state index in [0.29, 0.717) is 10.9 Å². The van der Waals surface area contributed by atoms with Crippen molar-refractivity contribution in [2.75, 3.05) is 5.88 Å². The van der Waals surface area contributed by atoms with Crippen molar-refractivity contribution in [1.29, 1.82) is 0 Å². The lowest BCUT2D eigenvalue weighted by molar-refractivity contribution is -0.140. The Balaban J connectivity index is 3.16. The van der Waals surface area contributed by atoms with Crippen molar-refractivity contribution in [2.24, 2.45) is 0 Å². The Labute approximate surface area is 104 Å². The van der Waals surface area contributed by atoms with Gasteiger partial charge in [-0.15, -0.1) is 11.6 Å². The Bertz CT molecular complexity index is 376. The van der Waals surface area contributed by atoms with Crippen molar-refractivity contribution in [2.45, 2.75) is 19.0 Å². The summed E-state index contributed by atoms with van der Waals surface area (Å²) in [5.41, 5.74) is -1.21. The van der Waals surface area contributed by atoms with Gasteiger partial charge in [0.1, 0.15) is 5.82 Å². The van der Waals surface area contributed by atoms with Crippen LogP contribution >= 0.6 is 27.5 Å². The van der Waals surface area contributed by atoms with Gasteiger partial charge in [-0.05, 0) is 25.0 Å². The summed E-state index contributed by atoms with van der Waals surface area (Å²) in [6.45, 7) is 0. The average Bonchev–Trinajstić information content (AvgIpc) is 2.15. The van der Waals surface area contributed by atoms with Crippen LogP contribution in [0, 0.1) is 5.82 Å². The average molecular weight is 320 g/mol. The van der Waals surface area contributed by atoms with Crippen molar-refractivity contribution >= 4 is 27.5 Å². The summed E-state index contributed by atoms with van der Waals surface area (Å²) in [7, 11) is 0. The first-order chi connectivity index (χ1) is 7.38. The quantitative estimate of drug-likeness (QED) is 0.556. The smallest absolute Gasteiger partial charge is 0.206 e. The standard InChI is InChI=1S/C10H8BrClF4/c11-8-4-3-7(10(14,15)16)9(13)6(8)2-1-5-12/h3-4H,1-2,5H2. The molecular weight excluding hydrogens is 311 g/mol. The number of rotatable bonds is 3. The Morgan fingerprint density at radius 3 is 2.38 bits per heavy atom. The highest BCUT2D eigenvalue weighted by Crippen LogP contribution is 2.35. The molecule has 0 unspecified atom stereocenters. The van der Waals surface area contributed by atoms with Crippen LogP contribution in [0.5, 0.6) is 0 Å². The molecule has 0 bridgehead atoms. The molecule has 0 aromatic heterocycles. The van der Waals surface area contributed by atoms with Gasteiger partial charge in [0.2, 0.25) is 0 Å². The van der Waals surface area contributed by atoms with E-state index < -0.39 is 17.6 Å². The van der Waals surface area contributed by atoms with Gasteiger partial charge in [-0.3, -0.25) is 0 Å². The van der Waals surface area contributed by atoms with Gasteiger partial charge in [0.25, 0.3) is 0 Å². The summed E-state index contributed by atoms with van der Waals surface area (Å²) in [5.74, 6) is -0.936. The van der Waals surface area contributed by atoms with Crippen molar-refractivity contribution in [3.63, 3.8) is 0 Å². The van der Waals surface area contributed by atoms with Crippen LogP contribution in [0.3, 0.4) is 0 Å². The highest BCUT2D eigenvalue weighted by Gasteiger charge is 2.35. The first-order valence-electron chi connectivity index (χ1n) is 4.48. The number of hydrogen-bond donors (Lipinski definition) is 0. The Morgan fingerprint density at radius 2 is 1.88 bits per heavy atom. The van der Waals surface area contributed by atoms with Gasteiger partial charge in [0, 0.05) is 15.9 Å². The second-order valence-corrected chi connectivity index (χ2v) is 4.41. The zero-order valence-electron chi connectivity index (χ0n) is 8.04. The van der Waals surface area contributed by atoms with Crippen LogP contribution in [0.1, 0.15) is 17.5 Å². The number of halogens is 6. The van der Waals surface area contributed by atoms with Crippen LogP contribution in [-0.2, 0) is 12.6 Å². The molecule has 0 radical (unpaired) electrons. The minimum absolute atomic E-state index is 0.0236. The van der Waals surface area contributed by atoms with E-state index >= 15 is 0 Å². The normalized spacial score (nSPS) is 11.9. The third-order valence-corrected chi connectivity index (χ3v) is 3.06. The predicted octanol–water partition coefficient (Wildman–Crippen LogP) is 4.78. The van der Waals surface area contributed by atoms with Gasteiger partial charge in [0.05, 0.1) is 5.56 Å². The van der Waals surface area contributed by atoms with E-state index in [2.05, 4.69) is 15.9 Å². The third-order valence-electron chi connectivity index (χ3n) is 2.05. The molecule has 0 heterocycles. The van der Waals surface area contributed by atoms with Crippen LogP contribution < -0.4 is 0 Å². The Kier molecular flexibility index (Phi) is 4.62. The number of benzene rings is 1. The van der Waals surface area contributed by atoms with E-state index in [9.17, 15) is 17.6 Å². The van der Waals surface area contributed by atoms with Crippen LogP contribution in [-0.4, -0.2) is 5.88 Å². The number of alkyl halides is 4. The molecule has 0 aliphatic heterocycles. The van der Waals surface area contributed by atoms with Crippen LogP contribution in [0.2, 0.25) is 0 Å². The molecule has 1 rings (SSSR count). The van der Waals surface area contributed by atoms with E-state index in [-0.39, 0.29) is 17.9 Å². The van der Waals surface area contributed by atoms with Crippen molar-refractivity contribution < 1.29 is 17.6 Å². The zero-order chi connectivity index (χ0) is 12.3. The lowest BCUT2D eigenvalue weighted by Gasteiger charge is -2.12. The SMILES string of the molecule is Fc1c(C(F)(F)F)ccc(Br)c1CCCCl. The first kappa shape index (κ1) is 13.8. The molecule has 0 saturated heterocycles. The van der Waals surface area contributed by atoms with Crippen molar-refractivity contribution in [3.8, 4) is 0 Å². The fourth-order valence-corrected chi connectivity index (χ4v) is 1.93. The highest BCUT2D eigenvalue weighted by molar-refractivity contribution is 9.10. The lowest BCUT2D eigenvalue weighted by Crippen LogP contribution is -2.10. The van der Waals surface area contributed by atoms with Crippen LogP contribution in [0.25, 0.3) is 0 Å². The van der Waals surface area contributed by atoms with Gasteiger partial charge in [-0.2, -0.15) is 13.2 Å². The maximum absolute atomic E-state index is 13.6. The molecule has 16 heavy (non-hydrogen) atoms. The molecule has 0 saturated carbocycles. The van der Waals surface area contributed by atoms with Crippen LogP contribution in [0.15, 0.2) is 16.6 Å². The molecule has 0 aliphatic rings. The molecule has 1 aromatic rings. The molecule has 6 heteroatoms. The minimum atomic E-state index is -4.67. The zero-order valence-corrected chi connectivity index (χ0v) is 10.4. The van der Waals surface area contributed by atoms with E-state index in [1.165, 1.54) is 6.07 Å². The van der Waals surface area contributed by atoms with Gasteiger partial charge < -0.3 is 0 Å². The van der Waals surface area contributed by atoms with E-state index in [1.807, 2.05) is 0 Å². The summed E-state index contributed by atoms with van der Waals surface area (Å²) in [5, 5.41) is 0. The van der Waals surface area contributed by atoms with E-state index in [4.69, 9.17) is 11.6 Å². The molecule has 0 spiro atoms. The highest BCUT2D eigenvalue weighted by atomic mass is 79.9. The summed E-state index contributed by atoms with van der Waals surface area (Å²) in [6, 6.07) is 1.93. The molecule has 0 nitrogen and oxygen atoms in total. The molecule has 0 N–H and O–H groups in total. The monoisotopic (exact) mass is 318 g/mol. The Morgan fingerprint density at radius 1 is 1.25 bits per heavy atom. The van der Waals surface area contributed by atoms with Gasteiger partial charge in [-0.1, -0.05) is 15.9 Å². The minimum Gasteiger partial charge on any atom is -0.206 e. The molecule has 0 atom stereocenters. The molecule has 0 aliphatic carbocycles. The summed E-state index contributed by atoms with van der Waals surface area (Å²) >= 11 is 8.45. The summed E-state index contributed by atoms with van der Waals surface area (Å²) in [6.07, 6.45) is -4.06. The lowest BCUT2D eigenvalue weighted by atomic mass is 10.1. The van der Waals surface area contributed by atoms with Crippen molar-refractivity contribution in [1.82, 2.24) is 0 Å². The third kappa shape index (κ3) is 3.10. The van der Waals surface area contributed by atoms with E-state index in [0.717, 1.165) is 6.07 Å². The summed E-state index contributed by atoms with van der Waals surface area (Å²) in [4.78, 5) is 0. The molecular formula is C10H8BrClF4. The van der Waals surface area contributed by atoms with Gasteiger partial charge in [0.15, 0.2) is 0 Å². The van der Waals surface area contributed by atoms with Gasteiger partial charge >= 0.3 is 6.18 Å². The Hall–Kier alpha value is -0.290. The predicted molar refractivity (Wildman–Crippen MR) is 58.1 cm³/mol. The summed E-state index contributed by atoms with van der Waals surface area (Å²) < 4.78 is 51.1. The van der Waals surface area contributed by atoms with Crippen LogP contribution in [0.4, 0.5) is 17.6 Å². The second kappa shape index (κ2) is 5.36. The molecule has 0 fully saturated rings. The number of hydrogen-bond acceptors (Lipinski definition) is 0. The second-order valence-electron chi connectivity index (χ2n) is 3.18. The molecule has 1 aromatic carbocycles. The maximum Gasteiger partial charge on any atom is 0.419 e. The van der Waals surface area contributed by atoms with E-state index in [1.54, 1.807) is 0 Å². The topological polar surface area (TPSA) is 0 Å². The fraction of sp³-hybridized carbons (Fsp3) is 0.400. The van der Waals surface area contributed by atoms with Crippen molar-refractivity contribution in [3.05, 3.63) is 33.5 Å². The van der Waals surface area contributed by atoms with Gasteiger partial charge in [-0.25, -0.2) is 4.39 Å². The largest absolute Gasteiger partial charge is 0.419 e. The maximum atomic E-state index is 13.6. The molecule has 90 valence electrons. The fourth-order valence-electron chi connectivity index (χ4n) is 1.29. The molecule has 0 amide bonds. The first-order valence-corrected chi connectivity index (χ1v) is 5.80.